The fourth-order valence-electron chi connectivity index (χ4n) is 1.78. The van der Waals surface area contributed by atoms with Gasteiger partial charge in [-0.15, -0.1) is 0 Å². The van der Waals surface area contributed by atoms with Crippen molar-refractivity contribution in [2.24, 2.45) is 5.41 Å². The lowest BCUT2D eigenvalue weighted by molar-refractivity contribution is -0.157. The van der Waals surface area contributed by atoms with Crippen molar-refractivity contribution in [1.82, 2.24) is 0 Å². The molecule has 0 aromatic heterocycles. The fourth-order valence-corrected chi connectivity index (χ4v) is 1.78. The first kappa shape index (κ1) is 13.9. The van der Waals surface area contributed by atoms with E-state index in [-0.39, 0.29) is 19.1 Å². The molecule has 0 aromatic rings. The molecule has 0 saturated carbocycles. The topological polar surface area (TPSA) is 68.6 Å². The summed E-state index contributed by atoms with van der Waals surface area (Å²) < 4.78 is 15.9. The molecule has 2 unspecified atom stereocenters. The SMILES string of the molecule is CCOC(=O)C(C)(C#N)CC1COC(C)(C)O1. The van der Waals surface area contributed by atoms with E-state index in [0.29, 0.717) is 6.61 Å². The number of hydrogen-bond acceptors (Lipinski definition) is 5. The van der Waals surface area contributed by atoms with Crippen molar-refractivity contribution in [3.8, 4) is 6.07 Å². The predicted molar refractivity (Wildman–Crippen MR) is 59.9 cm³/mol. The number of carbonyl (C=O) groups is 1. The average molecular weight is 241 g/mol. The Kier molecular flexibility index (Phi) is 4.12. The van der Waals surface area contributed by atoms with E-state index in [1.165, 1.54) is 0 Å². The summed E-state index contributed by atoms with van der Waals surface area (Å²) in [4.78, 5) is 11.7. The molecule has 0 aliphatic carbocycles. The molecular weight excluding hydrogens is 222 g/mol. The smallest absolute Gasteiger partial charge is 0.326 e. The third-order valence-corrected chi connectivity index (χ3v) is 2.68. The van der Waals surface area contributed by atoms with Crippen molar-refractivity contribution in [3.05, 3.63) is 0 Å². The molecule has 1 rings (SSSR count). The average Bonchev–Trinajstić information content (AvgIpc) is 2.58. The van der Waals surface area contributed by atoms with E-state index < -0.39 is 17.2 Å². The zero-order chi connectivity index (χ0) is 13.1. The normalized spacial score (nSPS) is 25.9. The highest BCUT2D eigenvalue weighted by Gasteiger charge is 2.42. The fraction of sp³-hybridized carbons (Fsp3) is 0.833. The van der Waals surface area contributed by atoms with Crippen LogP contribution in [0.5, 0.6) is 0 Å². The van der Waals surface area contributed by atoms with Gasteiger partial charge in [-0.3, -0.25) is 4.79 Å². The van der Waals surface area contributed by atoms with Crippen LogP contribution in [0, 0.1) is 16.7 Å². The first-order valence-electron chi connectivity index (χ1n) is 5.73. The van der Waals surface area contributed by atoms with E-state index in [1.54, 1.807) is 27.7 Å². The van der Waals surface area contributed by atoms with E-state index >= 15 is 0 Å². The number of ether oxygens (including phenoxy) is 3. The summed E-state index contributed by atoms with van der Waals surface area (Å²) in [6.07, 6.45) is 0.0326. The maximum absolute atomic E-state index is 11.7. The predicted octanol–water partition coefficient (Wildman–Crippen LogP) is 1.62. The quantitative estimate of drug-likeness (QED) is 0.699. The first-order chi connectivity index (χ1) is 7.83. The summed E-state index contributed by atoms with van der Waals surface area (Å²) in [5.41, 5.74) is -1.18. The van der Waals surface area contributed by atoms with Crippen LogP contribution in [0.1, 0.15) is 34.1 Å². The first-order valence-corrected chi connectivity index (χ1v) is 5.73. The molecule has 5 nitrogen and oxygen atoms in total. The maximum Gasteiger partial charge on any atom is 0.326 e. The van der Waals surface area contributed by atoms with Crippen LogP contribution in [-0.4, -0.2) is 31.1 Å². The van der Waals surface area contributed by atoms with E-state index in [0.717, 1.165) is 0 Å². The summed E-state index contributed by atoms with van der Waals surface area (Å²) in [6, 6.07) is 2.01. The molecule has 1 saturated heterocycles. The second-order valence-corrected chi connectivity index (χ2v) is 4.82. The molecular formula is C12H19NO4. The van der Waals surface area contributed by atoms with E-state index in [1.807, 2.05) is 6.07 Å². The monoisotopic (exact) mass is 241 g/mol. The zero-order valence-electron chi connectivity index (χ0n) is 10.8. The summed E-state index contributed by atoms with van der Waals surface area (Å²) in [5.74, 6) is -1.15. The lowest BCUT2D eigenvalue weighted by Gasteiger charge is -2.23. The summed E-state index contributed by atoms with van der Waals surface area (Å²) in [5, 5.41) is 9.13. The number of nitriles is 1. The van der Waals surface area contributed by atoms with Crippen molar-refractivity contribution in [1.29, 1.82) is 5.26 Å². The Morgan fingerprint density at radius 2 is 2.29 bits per heavy atom. The molecule has 1 heterocycles. The highest BCUT2D eigenvalue weighted by molar-refractivity contribution is 5.79. The van der Waals surface area contributed by atoms with Gasteiger partial charge in [0.15, 0.2) is 11.2 Å². The lowest BCUT2D eigenvalue weighted by atomic mass is 9.86. The van der Waals surface area contributed by atoms with Crippen LogP contribution >= 0.6 is 0 Å². The number of carbonyl (C=O) groups excluding carboxylic acids is 1. The van der Waals surface area contributed by atoms with Gasteiger partial charge in [0.1, 0.15) is 0 Å². The maximum atomic E-state index is 11.7. The lowest BCUT2D eigenvalue weighted by Crippen LogP contribution is -2.34. The molecule has 1 fully saturated rings. The minimum absolute atomic E-state index is 0.251. The molecule has 96 valence electrons. The van der Waals surface area contributed by atoms with E-state index in [9.17, 15) is 4.79 Å². The van der Waals surface area contributed by atoms with Gasteiger partial charge in [-0.05, 0) is 27.7 Å². The van der Waals surface area contributed by atoms with Gasteiger partial charge in [0.2, 0.25) is 0 Å². The molecule has 17 heavy (non-hydrogen) atoms. The van der Waals surface area contributed by atoms with Gasteiger partial charge in [0, 0.05) is 6.42 Å². The highest BCUT2D eigenvalue weighted by atomic mass is 16.7. The van der Waals surface area contributed by atoms with Gasteiger partial charge in [0.25, 0.3) is 0 Å². The van der Waals surface area contributed by atoms with Crippen molar-refractivity contribution >= 4 is 5.97 Å². The van der Waals surface area contributed by atoms with Gasteiger partial charge in [0.05, 0.1) is 25.4 Å². The Hall–Kier alpha value is -1.12. The van der Waals surface area contributed by atoms with Crippen LogP contribution < -0.4 is 0 Å². The summed E-state index contributed by atoms with van der Waals surface area (Å²) >= 11 is 0. The highest BCUT2D eigenvalue weighted by Crippen LogP contribution is 2.32. The van der Waals surface area contributed by atoms with Crippen molar-refractivity contribution in [3.63, 3.8) is 0 Å². The third kappa shape index (κ3) is 3.42. The number of esters is 1. The minimum atomic E-state index is -1.18. The Morgan fingerprint density at radius 1 is 1.65 bits per heavy atom. The standard InChI is InChI=1S/C12H19NO4/c1-5-15-10(14)12(4,8-13)6-9-7-16-11(2,3)17-9/h9H,5-7H2,1-4H3. The van der Waals surface area contributed by atoms with Crippen LogP contribution in [0.25, 0.3) is 0 Å². The Morgan fingerprint density at radius 3 is 2.71 bits per heavy atom. The molecule has 0 aromatic carbocycles. The van der Waals surface area contributed by atoms with Crippen LogP contribution in [0.4, 0.5) is 0 Å². The number of nitrogens with zero attached hydrogens (tertiary/aromatic N) is 1. The molecule has 0 N–H and O–H groups in total. The molecule has 0 amide bonds. The number of hydrogen-bond donors (Lipinski definition) is 0. The molecule has 0 bridgehead atoms. The van der Waals surface area contributed by atoms with Gasteiger partial charge < -0.3 is 14.2 Å². The second-order valence-electron chi connectivity index (χ2n) is 4.82. The van der Waals surface area contributed by atoms with E-state index in [2.05, 4.69) is 0 Å². The largest absolute Gasteiger partial charge is 0.465 e. The Labute approximate surface area is 102 Å². The number of rotatable bonds is 4. The van der Waals surface area contributed by atoms with Gasteiger partial charge in [-0.25, -0.2) is 0 Å². The third-order valence-electron chi connectivity index (χ3n) is 2.68. The zero-order valence-corrected chi connectivity index (χ0v) is 10.8. The Bertz CT molecular complexity index is 334. The van der Waals surface area contributed by atoms with Crippen LogP contribution in [0.3, 0.4) is 0 Å². The molecule has 5 heteroatoms. The van der Waals surface area contributed by atoms with Crippen molar-refractivity contribution in [2.45, 2.75) is 46.0 Å². The summed E-state index contributed by atoms with van der Waals surface area (Å²) in [6.45, 7) is 7.56. The van der Waals surface area contributed by atoms with Gasteiger partial charge in [-0.1, -0.05) is 0 Å². The van der Waals surface area contributed by atoms with Crippen molar-refractivity contribution in [2.75, 3.05) is 13.2 Å². The Balaban J connectivity index is 2.65. The molecule has 0 radical (unpaired) electrons. The molecule has 1 aliphatic rings. The minimum Gasteiger partial charge on any atom is -0.465 e. The summed E-state index contributed by atoms with van der Waals surface area (Å²) in [7, 11) is 0. The van der Waals surface area contributed by atoms with Crippen molar-refractivity contribution < 1.29 is 19.0 Å². The van der Waals surface area contributed by atoms with Crippen LogP contribution in [0.15, 0.2) is 0 Å². The van der Waals surface area contributed by atoms with Crippen LogP contribution in [0.2, 0.25) is 0 Å². The van der Waals surface area contributed by atoms with Crippen LogP contribution in [-0.2, 0) is 19.0 Å². The van der Waals surface area contributed by atoms with E-state index in [4.69, 9.17) is 19.5 Å². The second kappa shape index (κ2) is 5.03. The molecule has 2 atom stereocenters. The molecule has 0 spiro atoms. The van der Waals surface area contributed by atoms with Gasteiger partial charge >= 0.3 is 5.97 Å². The van der Waals surface area contributed by atoms with Gasteiger partial charge in [-0.2, -0.15) is 5.26 Å². The molecule has 1 aliphatic heterocycles.